The Kier molecular flexibility index (Phi) is 7.41. The Labute approximate surface area is 241 Å². The number of hydrogen-bond acceptors (Lipinski definition) is 8. The quantitative estimate of drug-likeness (QED) is 0.247. The van der Waals surface area contributed by atoms with Crippen molar-refractivity contribution < 1.29 is 13.6 Å². The van der Waals surface area contributed by atoms with E-state index < -0.39 is 0 Å². The molecule has 3 heterocycles. The van der Waals surface area contributed by atoms with Crippen LogP contribution in [-0.2, 0) is 4.79 Å². The number of carbonyl (C=O) groups excluding carboxylic acids is 1. The van der Waals surface area contributed by atoms with Gasteiger partial charge in [0.05, 0.1) is 12.2 Å². The van der Waals surface area contributed by atoms with E-state index in [-0.39, 0.29) is 17.4 Å². The molecular formula is C31H30F2N6OS. The van der Waals surface area contributed by atoms with Crippen LogP contribution in [0.3, 0.4) is 0 Å². The maximum atomic E-state index is 15.8. The smallest absolute Gasteiger partial charge is 0.191 e. The molecule has 1 saturated heterocycles. The van der Waals surface area contributed by atoms with E-state index in [1.54, 1.807) is 25.1 Å². The van der Waals surface area contributed by atoms with Gasteiger partial charge in [-0.2, -0.15) is 5.26 Å². The second-order valence-electron chi connectivity index (χ2n) is 10.7. The highest BCUT2D eigenvalue weighted by Crippen LogP contribution is 2.45. The number of pyridine rings is 1. The predicted octanol–water partition coefficient (Wildman–Crippen LogP) is 6.25. The van der Waals surface area contributed by atoms with Gasteiger partial charge in [0.1, 0.15) is 33.8 Å². The van der Waals surface area contributed by atoms with Gasteiger partial charge in [-0.3, -0.25) is 9.69 Å². The van der Waals surface area contributed by atoms with Crippen LogP contribution in [-0.4, -0.2) is 59.9 Å². The van der Waals surface area contributed by atoms with Gasteiger partial charge < -0.3 is 9.80 Å². The summed E-state index contributed by atoms with van der Waals surface area (Å²) >= 11 is 1.27. The van der Waals surface area contributed by atoms with Crippen molar-refractivity contribution in [1.82, 2.24) is 14.9 Å². The third kappa shape index (κ3) is 5.52. The fourth-order valence-electron chi connectivity index (χ4n) is 5.46. The van der Waals surface area contributed by atoms with Crippen LogP contribution in [0.5, 0.6) is 0 Å². The topological polar surface area (TPSA) is 76.4 Å². The molecule has 0 N–H and O–H groups in total. The first-order valence-corrected chi connectivity index (χ1v) is 14.7. The Morgan fingerprint density at radius 1 is 1.10 bits per heavy atom. The number of hydrogen-bond donors (Lipinski definition) is 0. The normalized spacial score (nSPS) is 15.7. The van der Waals surface area contributed by atoms with Gasteiger partial charge in [0, 0.05) is 61.0 Å². The molecule has 0 unspecified atom stereocenters. The molecule has 2 aromatic carbocycles. The third-order valence-electron chi connectivity index (χ3n) is 7.70. The summed E-state index contributed by atoms with van der Waals surface area (Å²) in [7, 11) is 0. The Hall–Kier alpha value is -3.94. The van der Waals surface area contributed by atoms with Crippen molar-refractivity contribution in [2.45, 2.75) is 32.6 Å². The zero-order valence-electron chi connectivity index (χ0n) is 23.0. The molecule has 0 amide bonds. The summed E-state index contributed by atoms with van der Waals surface area (Å²) < 4.78 is 29.4. The van der Waals surface area contributed by atoms with Gasteiger partial charge in [-0.05, 0) is 69.2 Å². The average molecular weight is 573 g/mol. The van der Waals surface area contributed by atoms with Crippen LogP contribution < -0.4 is 9.80 Å². The molecule has 41 heavy (non-hydrogen) atoms. The molecule has 1 saturated carbocycles. The van der Waals surface area contributed by atoms with Gasteiger partial charge in [-0.25, -0.2) is 18.7 Å². The summed E-state index contributed by atoms with van der Waals surface area (Å²) in [4.78, 5) is 27.9. The number of rotatable bonds is 8. The minimum absolute atomic E-state index is 0.140. The van der Waals surface area contributed by atoms with E-state index in [0.29, 0.717) is 64.3 Å². The monoisotopic (exact) mass is 572 g/mol. The number of aromatic nitrogens is 2. The van der Waals surface area contributed by atoms with Crippen LogP contribution in [0.2, 0.25) is 0 Å². The highest BCUT2D eigenvalue weighted by molar-refractivity contribution is 7.16. The lowest BCUT2D eigenvalue weighted by Crippen LogP contribution is -2.47. The minimum Gasteiger partial charge on any atom is -0.369 e. The van der Waals surface area contributed by atoms with Crippen molar-refractivity contribution in [1.29, 1.82) is 5.26 Å². The minimum atomic E-state index is -0.368. The van der Waals surface area contributed by atoms with E-state index in [4.69, 9.17) is 9.97 Å². The van der Waals surface area contributed by atoms with E-state index in [1.807, 2.05) is 24.0 Å². The van der Waals surface area contributed by atoms with Crippen LogP contribution in [0.1, 0.15) is 43.2 Å². The fraction of sp³-hybridized carbons (Fsp3) is 0.355. The number of nitriles is 1. The van der Waals surface area contributed by atoms with Gasteiger partial charge >= 0.3 is 0 Å². The van der Waals surface area contributed by atoms with Crippen LogP contribution >= 0.6 is 11.3 Å². The van der Waals surface area contributed by atoms with E-state index in [1.165, 1.54) is 23.5 Å². The number of piperazine rings is 1. The summed E-state index contributed by atoms with van der Waals surface area (Å²) in [5.74, 6) is -0.272. The van der Waals surface area contributed by atoms with Gasteiger partial charge in [0.15, 0.2) is 10.9 Å². The molecule has 0 bridgehead atoms. The van der Waals surface area contributed by atoms with Crippen LogP contribution in [0, 0.1) is 23.0 Å². The van der Waals surface area contributed by atoms with Crippen LogP contribution in [0.15, 0.2) is 42.5 Å². The summed E-state index contributed by atoms with van der Waals surface area (Å²) in [5.41, 5.74) is 3.95. The standard InChI is InChI=1S/C31H30F2N6OS/c1-3-39(31-36-29(28(17-34)41-31)21-6-8-22(32)9-7-21)27-16-26(20-4-5-20)35-30-24(27)14-23(15-25(30)33)38-12-10-37(11-13-38)18-19(2)40/h6-9,14-16,20H,3-5,10-13,18H2,1-2H3. The summed E-state index contributed by atoms with van der Waals surface area (Å²) in [6.45, 7) is 7.42. The maximum absolute atomic E-state index is 15.8. The molecule has 2 aromatic heterocycles. The Morgan fingerprint density at radius 3 is 2.46 bits per heavy atom. The van der Waals surface area contributed by atoms with E-state index >= 15 is 4.39 Å². The molecule has 0 atom stereocenters. The zero-order chi connectivity index (χ0) is 28.7. The van der Waals surface area contributed by atoms with Gasteiger partial charge in [0.2, 0.25) is 0 Å². The predicted molar refractivity (Wildman–Crippen MR) is 158 cm³/mol. The number of ketones is 1. The molecule has 0 spiro atoms. The average Bonchev–Trinajstić information content (AvgIpc) is 3.73. The molecule has 1 aliphatic heterocycles. The molecule has 6 rings (SSSR count). The molecule has 10 heteroatoms. The highest BCUT2D eigenvalue weighted by atomic mass is 32.1. The first-order valence-electron chi connectivity index (χ1n) is 13.9. The Balaban J connectivity index is 1.43. The van der Waals surface area contributed by atoms with Crippen LogP contribution in [0.4, 0.5) is 25.3 Å². The van der Waals surface area contributed by atoms with Crippen LogP contribution in [0.25, 0.3) is 22.2 Å². The van der Waals surface area contributed by atoms with Crippen molar-refractivity contribution >= 4 is 44.5 Å². The lowest BCUT2D eigenvalue weighted by Gasteiger charge is -2.36. The molecule has 2 aliphatic rings. The maximum Gasteiger partial charge on any atom is 0.191 e. The number of halogens is 2. The number of nitrogens with zero attached hydrogens (tertiary/aromatic N) is 6. The lowest BCUT2D eigenvalue weighted by molar-refractivity contribution is -0.118. The first-order chi connectivity index (χ1) is 19.8. The number of anilines is 3. The lowest BCUT2D eigenvalue weighted by atomic mass is 10.1. The largest absolute Gasteiger partial charge is 0.369 e. The van der Waals surface area contributed by atoms with Crippen molar-refractivity contribution in [2.24, 2.45) is 0 Å². The summed E-state index contributed by atoms with van der Waals surface area (Å²) in [5, 5.41) is 11.2. The SMILES string of the molecule is CCN(c1nc(-c2ccc(F)cc2)c(C#N)s1)c1cc(C2CC2)nc2c(F)cc(N3CCN(CC(C)=O)CC3)cc12. The number of fused-ring (bicyclic) bond motifs is 1. The van der Waals surface area contributed by atoms with Gasteiger partial charge in [-0.1, -0.05) is 11.3 Å². The highest BCUT2D eigenvalue weighted by Gasteiger charge is 2.29. The molecule has 7 nitrogen and oxygen atoms in total. The van der Waals surface area contributed by atoms with Gasteiger partial charge in [-0.15, -0.1) is 0 Å². The second-order valence-corrected chi connectivity index (χ2v) is 11.6. The number of benzene rings is 2. The van der Waals surface area contributed by atoms with Crippen molar-refractivity contribution in [2.75, 3.05) is 49.1 Å². The zero-order valence-corrected chi connectivity index (χ0v) is 23.8. The second kappa shape index (κ2) is 11.1. The van der Waals surface area contributed by atoms with E-state index in [0.717, 1.165) is 43.0 Å². The van der Waals surface area contributed by atoms with Crippen molar-refractivity contribution in [3.8, 4) is 17.3 Å². The van der Waals surface area contributed by atoms with Gasteiger partial charge in [0.25, 0.3) is 0 Å². The molecule has 0 radical (unpaired) electrons. The Bertz CT molecular complexity index is 1650. The summed E-state index contributed by atoms with van der Waals surface area (Å²) in [6.07, 6.45) is 2.05. The first kappa shape index (κ1) is 27.2. The molecule has 1 aliphatic carbocycles. The molecular weight excluding hydrogens is 542 g/mol. The Morgan fingerprint density at radius 2 is 1.83 bits per heavy atom. The van der Waals surface area contributed by atoms with E-state index in [2.05, 4.69) is 15.9 Å². The van der Waals surface area contributed by atoms with Crippen molar-refractivity contribution in [3.63, 3.8) is 0 Å². The third-order valence-corrected chi connectivity index (χ3v) is 8.68. The number of Topliss-reactive ketones (excluding diaryl/α,β-unsaturated/α-hetero) is 1. The number of carbonyl (C=O) groups is 1. The number of thiazole rings is 1. The molecule has 210 valence electrons. The fourth-order valence-corrected chi connectivity index (χ4v) is 6.42. The van der Waals surface area contributed by atoms with E-state index in [9.17, 15) is 14.4 Å². The summed E-state index contributed by atoms with van der Waals surface area (Å²) in [6, 6.07) is 13.8. The van der Waals surface area contributed by atoms with Crippen molar-refractivity contribution in [3.05, 3.63) is 64.7 Å². The molecule has 2 fully saturated rings. The molecule has 4 aromatic rings.